The van der Waals surface area contributed by atoms with E-state index < -0.39 is 0 Å². The van der Waals surface area contributed by atoms with Crippen LogP contribution in [0.5, 0.6) is 5.75 Å². The van der Waals surface area contributed by atoms with Gasteiger partial charge < -0.3 is 5.11 Å². The van der Waals surface area contributed by atoms with E-state index in [9.17, 15) is 9.90 Å². The molecule has 0 aliphatic rings. The summed E-state index contributed by atoms with van der Waals surface area (Å²) in [5.41, 5.74) is -0.0812. The Hall–Kier alpha value is -1.30. The largest absolute Gasteiger partial charge is 0.504 e. The fourth-order valence-corrected chi connectivity index (χ4v) is 3.61. The van der Waals surface area contributed by atoms with Gasteiger partial charge in [0.25, 0.3) is 5.56 Å². The third kappa shape index (κ3) is 4.10. The number of hydrogen-bond acceptors (Lipinski definition) is 4. The van der Waals surface area contributed by atoms with Gasteiger partial charge in [-0.1, -0.05) is 37.0 Å². The second kappa shape index (κ2) is 8.39. The Morgan fingerprint density at radius 2 is 1.80 bits per heavy atom. The highest BCUT2D eigenvalue weighted by Crippen LogP contribution is 2.35. The molecule has 0 saturated heterocycles. The van der Waals surface area contributed by atoms with Crippen LogP contribution in [-0.4, -0.2) is 32.6 Å². The van der Waals surface area contributed by atoms with Crippen LogP contribution in [0.15, 0.2) is 10.9 Å². The van der Waals surface area contributed by atoms with Gasteiger partial charge in [0.15, 0.2) is 5.75 Å². The summed E-state index contributed by atoms with van der Waals surface area (Å²) < 4.78 is 1.65. The van der Waals surface area contributed by atoms with Crippen molar-refractivity contribution in [3.8, 4) is 5.75 Å². The van der Waals surface area contributed by atoms with E-state index in [1.54, 1.807) is 4.57 Å². The first-order valence-electron chi connectivity index (χ1n) is 8.66. The monoisotopic (exact) mass is 385 g/mol. The summed E-state index contributed by atoms with van der Waals surface area (Å²) in [6, 6.07) is 1.31. The molecular weight excluding hydrogens is 361 g/mol. The summed E-state index contributed by atoms with van der Waals surface area (Å²) in [5, 5.41) is 10.8. The van der Waals surface area contributed by atoms with Crippen LogP contribution in [0.1, 0.15) is 52.4 Å². The van der Waals surface area contributed by atoms with Crippen molar-refractivity contribution in [1.29, 1.82) is 0 Å². The maximum atomic E-state index is 13.0. The summed E-state index contributed by atoms with van der Waals surface area (Å²) in [7, 11) is 0. The van der Waals surface area contributed by atoms with Crippen molar-refractivity contribution in [1.82, 2.24) is 14.5 Å². The Bertz CT molecular complexity index is 812. The first-order valence-corrected chi connectivity index (χ1v) is 9.41. The molecule has 1 heterocycles. The van der Waals surface area contributed by atoms with Gasteiger partial charge in [-0.05, 0) is 45.8 Å². The predicted octanol–water partition coefficient (Wildman–Crippen LogP) is 4.61. The molecule has 1 aromatic carbocycles. The van der Waals surface area contributed by atoms with Crippen LogP contribution in [-0.2, 0) is 6.54 Å². The quantitative estimate of drug-likeness (QED) is 0.755. The Morgan fingerprint density at radius 3 is 2.32 bits per heavy atom. The lowest BCUT2D eigenvalue weighted by Gasteiger charge is -2.24. The lowest BCUT2D eigenvalue weighted by Crippen LogP contribution is -2.33. The lowest BCUT2D eigenvalue weighted by atomic mass is 10.2. The number of aromatic hydroxyl groups is 1. The first-order chi connectivity index (χ1) is 11.8. The number of nitrogens with zero attached hydrogens (tertiary/aromatic N) is 3. The van der Waals surface area contributed by atoms with Crippen LogP contribution in [0, 0.1) is 0 Å². The number of aromatic nitrogens is 2. The molecule has 1 aromatic heterocycles. The van der Waals surface area contributed by atoms with Gasteiger partial charge in [0.1, 0.15) is 11.3 Å². The molecule has 2 aromatic rings. The molecule has 25 heavy (non-hydrogen) atoms. The number of fused-ring (bicyclic) bond motifs is 1. The maximum absolute atomic E-state index is 13.0. The SMILES string of the molecule is CCCN(CCC)Cc1nc2c(O)c(Cl)cc(Cl)c2c(=O)n1C(C)C. The van der Waals surface area contributed by atoms with Crippen LogP contribution in [0.3, 0.4) is 0 Å². The van der Waals surface area contributed by atoms with Crippen molar-refractivity contribution in [3.05, 3.63) is 32.3 Å². The molecule has 0 fully saturated rings. The third-order valence-corrected chi connectivity index (χ3v) is 4.68. The number of phenolic OH excluding ortho intramolecular Hbond substituents is 1. The molecule has 0 spiro atoms. The highest BCUT2D eigenvalue weighted by atomic mass is 35.5. The van der Waals surface area contributed by atoms with E-state index in [1.807, 2.05) is 13.8 Å². The molecule has 0 radical (unpaired) electrons. The number of halogens is 2. The minimum atomic E-state index is -0.250. The molecule has 0 saturated carbocycles. The Morgan fingerprint density at radius 1 is 1.20 bits per heavy atom. The topological polar surface area (TPSA) is 58.4 Å². The zero-order valence-electron chi connectivity index (χ0n) is 15.1. The van der Waals surface area contributed by atoms with E-state index in [0.717, 1.165) is 25.9 Å². The highest BCUT2D eigenvalue weighted by molar-refractivity contribution is 6.39. The molecule has 7 heteroatoms. The molecule has 2 rings (SSSR count). The van der Waals surface area contributed by atoms with Gasteiger partial charge in [-0.15, -0.1) is 0 Å². The molecule has 1 N–H and O–H groups in total. The normalized spacial score (nSPS) is 11.8. The number of rotatable bonds is 7. The summed E-state index contributed by atoms with van der Waals surface area (Å²) in [6.45, 7) is 10.5. The van der Waals surface area contributed by atoms with Gasteiger partial charge in [0.05, 0.1) is 22.0 Å². The number of benzene rings is 1. The van der Waals surface area contributed by atoms with Crippen molar-refractivity contribution < 1.29 is 5.11 Å². The van der Waals surface area contributed by atoms with E-state index in [-0.39, 0.29) is 38.3 Å². The van der Waals surface area contributed by atoms with Crippen molar-refractivity contribution in [2.45, 2.75) is 53.1 Å². The molecule has 0 bridgehead atoms. The van der Waals surface area contributed by atoms with Gasteiger partial charge in [0, 0.05) is 6.04 Å². The fraction of sp³-hybridized carbons (Fsp3) is 0.556. The second-order valence-electron chi connectivity index (χ2n) is 6.49. The zero-order chi connectivity index (χ0) is 18.7. The molecule has 0 aliphatic heterocycles. The minimum Gasteiger partial charge on any atom is -0.504 e. The molecule has 0 unspecified atom stereocenters. The van der Waals surface area contributed by atoms with Crippen LogP contribution in [0.25, 0.3) is 10.9 Å². The first kappa shape index (κ1) is 20.0. The maximum Gasteiger partial charge on any atom is 0.263 e. The van der Waals surface area contributed by atoms with Crippen LogP contribution >= 0.6 is 23.2 Å². The highest BCUT2D eigenvalue weighted by Gasteiger charge is 2.21. The van der Waals surface area contributed by atoms with Crippen LogP contribution in [0.2, 0.25) is 10.0 Å². The Kier molecular flexibility index (Phi) is 6.72. The Labute approximate surface area is 158 Å². The van der Waals surface area contributed by atoms with Crippen molar-refractivity contribution >= 4 is 34.1 Å². The zero-order valence-corrected chi connectivity index (χ0v) is 16.7. The van der Waals surface area contributed by atoms with Gasteiger partial charge in [-0.3, -0.25) is 14.3 Å². The minimum absolute atomic E-state index is 0.0709. The molecule has 0 atom stereocenters. The van der Waals surface area contributed by atoms with E-state index in [0.29, 0.717) is 12.4 Å². The lowest BCUT2D eigenvalue weighted by molar-refractivity contribution is 0.252. The smallest absolute Gasteiger partial charge is 0.263 e. The Balaban J connectivity index is 2.72. The second-order valence-corrected chi connectivity index (χ2v) is 7.30. The molecule has 0 amide bonds. The number of hydrogen-bond donors (Lipinski definition) is 1. The van der Waals surface area contributed by atoms with Gasteiger partial charge >= 0.3 is 0 Å². The van der Waals surface area contributed by atoms with E-state index in [2.05, 4.69) is 23.7 Å². The van der Waals surface area contributed by atoms with Gasteiger partial charge in [0.2, 0.25) is 0 Å². The van der Waals surface area contributed by atoms with E-state index in [1.165, 1.54) is 6.07 Å². The third-order valence-electron chi connectivity index (χ3n) is 4.09. The van der Waals surface area contributed by atoms with Crippen molar-refractivity contribution in [2.75, 3.05) is 13.1 Å². The van der Waals surface area contributed by atoms with Crippen LogP contribution in [0.4, 0.5) is 0 Å². The summed E-state index contributed by atoms with van der Waals surface area (Å²) in [4.78, 5) is 19.9. The predicted molar refractivity (Wildman–Crippen MR) is 104 cm³/mol. The van der Waals surface area contributed by atoms with Gasteiger partial charge in [-0.2, -0.15) is 0 Å². The summed E-state index contributed by atoms with van der Waals surface area (Å²) in [6.07, 6.45) is 2.03. The summed E-state index contributed by atoms with van der Waals surface area (Å²) >= 11 is 12.2. The van der Waals surface area contributed by atoms with Gasteiger partial charge in [-0.25, -0.2) is 4.98 Å². The number of phenols is 1. The average Bonchev–Trinajstić information content (AvgIpc) is 2.52. The fourth-order valence-electron chi connectivity index (χ4n) is 3.08. The summed E-state index contributed by atoms with van der Waals surface area (Å²) in [5.74, 6) is 0.413. The van der Waals surface area contributed by atoms with Crippen LogP contribution < -0.4 is 5.56 Å². The van der Waals surface area contributed by atoms with Crippen molar-refractivity contribution in [2.24, 2.45) is 0 Å². The standard InChI is InChI=1S/C18H25Cl2N3O2/c1-5-7-22(8-6-2)10-14-21-16-15(18(25)23(14)11(3)4)12(19)9-13(20)17(16)24/h9,11,24H,5-8,10H2,1-4H3. The van der Waals surface area contributed by atoms with Crippen molar-refractivity contribution in [3.63, 3.8) is 0 Å². The molecular formula is C18H25Cl2N3O2. The molecule has 5 nitrogen and oxygen atoms in total. The van der Waals surface area contributed by atoms with E-state index in [4.69, 9.17) is 23.2 Å². The molecule has 0 aliphatic carbocycles. The average molecular weight is 386 g/mol. The molecule has 138 valence electrons. The van der Waals surface area contributed by atoms with E-state index >= 15 is 0 Å².